The highest BCUT2D eigenvalue weighted by Gasteiger charge is 2.20. The average Bonchev–Trinajstić information content (AvgIpc) is 2.94. The lowest BCUT2D eigenvalue weighted by Crippen LogP contribution is -2.14. The topological polar surface area (TPSA) is 145 Å². The summed E-state index contributed by atoms with van der Waals surface area (Å²) in [6.45, 7) is 0. The normalized spacial score (nSPS) is 12.4. The van der Waals surface area contributed by atoms with Crippen LogP contribution in [0.2, 0.25) is 0 Å². The Balaban J connectivity index is 1.97. The second-order valence-electron chi connectivity index (χ2n) is 4.56. The fourth-order valence-electron chi connectivity index (χ4n) is 1.92. The zero-order valence-electron chi connectivity index (χ0n) is 11.4. The van der Waals surface area contributed by atoms with Crippen LogP contribution in [0.25, 0.3) is 11.0 Å². The van der Waals surface area contributed by atoms with Gasteiger partial charge in [-0.05, 0) is 46.7 Å². The van der Waals surface area contributed by atoms with Crippen LogP contribution in [-0.2, 0) is 20.0 Å². The number of hydrogen-bond donors (Lipinski definition) is 2. The summed E-state index contributed by atoms with van der Waals surface area (Å²) in [4.78, 5) is -0.227. The van der Waals surface area contributed by atoms with Gasteiger partial charge in [-0.3, -0.25) is 4.72 Å². The van der Waals surface area contributed by atoms with E-state index in [0.717, 1.165) is 0 Å². The quantitative estimate of drug-likeness (QED) is 0.700. The van der Waals surface area contributed by atoms with Gasteiger partial charge in [0, 0.05) is 5.69 Å². The largest absolute Gasteiger partial charge is 0.280 e. The molecule has 0 saturated carbocycles. The van der Waals surface area contributed by atoms with Crippen molar-refractivity contribution in [3.05, 3.63) is 42.5 Å². The molecule has 0 radical (unpaired) electrons. The van der Waals surface area contributed by atoms with Crippen LogP contribution in [-0.4, -0.2) is 27.1 Å². The lowest BCUT2D eigenvalue weighted by atomic mass is 10.3. The van der Waals surface area contributed by atoms with E-state index in [4.69, 9.17) is 5.14 Å². The van der Waals surface area contributed by atoms with Gasteiger partial charge in [-0.15, -0.1) is 0 Å². The summed E-state index contributed by atoms with van der Waals surface area (Å²) in [5.41, 5.74) is 0.574. The van der Waals surface area contributed by atoms with E-state index in [9.17, 15) is 16.8 Å². The van der Waals surface area contributed by atoms with E-state index in [2.05, 4.69) is 19.7 Å². The maximum Gasteiger partial charge on any atom is 0.264 e. The van der Waals surface area contributed by atoms with Crippen molar-refractivity contribution in [2.75, 3.05) is 4.72 Å². The number of nitrogens with two attached hydrogens (primary N) is 1. The molecule has 23 heavy (non-hydrogen) atoms. The second kappa shape index (κ2) is 5.30. The molecule has 1 aromatic heterocycles. The van der Waals surface area contributed by atoms with E-state index in [1.807, 2.05) is 0 Å². The van der Waals surface area contributed by atoms with Crippen molar-refractivity contribution in [1.82, 2.24) is 10.3 Å². The molecular formula is C12H10N4O5S2. The van der Waals surface area contributed by atoms with Gasteiger partial charge in [0.1, 0.15) is 10.4 Å². The highest BCUT2D eigenvalue weighted by Crippen LogP contribution is 2.23. The predicted molar refractivity (Wildman–Crippen MR) is 80.4 cm³/mol. The van der Waals surface area contributed by atoms with Crippen molar-refractivity contribution in [2.45, 2.75) is 9.79 Å². The van der Waals surface area contributed by atoms with Crippen LogP contribution in [0.4, 0.5) is 5.69 Å². The third-order valence-electron chi connectivity index (χ3n) is 2.97. The molecule has 0 unspecified atom stereocenters. The number of nitrogens with one attached hydrogen (secondary N) is 1. The van der Waals surface area contributed by atoms with Gasteiger partial charge in [-0.2, -0.15) is 0 Å². The average molecular weight is 354 g/mol. The van der Waals surface area contributed by atoms with Gasteiger partial charge in [0.25, 0.3) is 10.0 Å². The van der Waals surface area contributed by atoms with Crippen molar-refractivity contribution >= 4 is 36.8 Å². The number of aromatic nitrogens is 2. The molecule has 0 aliphatic rings. The molecule has 2 aromatic carbocycles. The zero-order valence-corrected chi connectivity index (χ0v) is 13.0. The molecule has 0 bridgehead atoms. The molecule has 0 amide bonds. The zero-order chi connectivity index (χ0) is 16.7. The second-order valence-corrected chi connectivity index (χ2v) is 7.78. The van der Waals surface area contributed by atoms with Gasteiger partial charge in [0.2, 0.25) is 10.0 Å². The van der Waals surface area contributed by atoms with Gasteiger partial charge in [0.15, 0.2) is 5.52 Å². The third-order valence-corrected chi connectivity index (χ3v) is 5.32. The van der Waals surface area contributed by atoms with Crippen LogP contribution >= 0.6 is 0 Å². The summed E-state index contributed by atoms with van der Waals surface area (Å²) < 4.78 is 54.1. The fraction of sp³-hybridized carbons (Fsp3) is 0. The third kappa shape index (κ3) is 3.02. The standard InChI is InChI=1S/C12H10N4O5S2/c13-22(17,18)9-6-4-8(5-7-9)16-23(19,20)11-3-1-2-10-12(11)15-21-14-10/h1-7,16H,(H2,13,17,18). The van der Waals surface area contributed by atoms with Crippen LogP contribution in [0.1, 0.15) is 0 Å². The van der Waals surface area contributed by atoms with E-state index in [0.29, 0.717) is 5.52 Å². The molecule has 120 valence electrons. The Morgan fingerprint density at radius 1 is 0.957 bits per heavy atom. The Kier molecular flexibility index (Phi) is 3.55. The van der Waals surface area contributed by atoms with Gasteiger partial charge in [-0.1, -0.05) is 6.07 Å². The first-order chi connectivity index (χ1) is 10.8. The summed E-state index contributed by atoms with van der Waals surface area (Å²) in [5, 5.41) is 12.1. The van der Waals surface area contributed by atoms with Crippen LogP contribution in [0.3, 0.4) is 0 Å². The van der Waals surface area contributed by atoms with Crippen LogP contribution < -0.4 is 9.86 Å². The molecule has 0 atom stereocenters. The van der Waals surface area contributed by atoms with E-state index in [-0.39, 0.29) is 21.0 Å². The first-order valence-corrected chi connectivity index (χ1v) is 9.17. The molecule has 0 aliphatic carbocycles. The van der Waals surface area contributed by atoms with Crippen molar-refractivity contribution in [1.29, 1.82) is 0 Å². The Morgan fingerprint density at radius 3 is 2.30 bits per heavy atom. The summed E-state index contributed by atoms with van der Waals surface area (Å²) in [5.74, 6) is 0. The highest BCUT2D eigenvalue weighted by atomic mass is 32.2. The molecule has 1 heterocycles. The maximum atomic E-state index is 12.4. The number of primary sulfonamides is 1. The number of nitrogens with zero attached hydrogens (tertiary/aromatic N) is 2. The molecule has 0 saturated heterocycles. The number of fused-ring (bicyclic) bond motifs is 1. The van der Waals surface area contributed by atoms with Crippen LogP contribution in [0.15, 0.2) is 56.9 Å². The van der Waals surface area contributed by atoms with Crippen molar-refractivity contribution in [2.24, 2.45) is 5.14 Å². The first kappa shape index (κ1) is 15.4. The lowest BCUT2D eigenvalue weighted by molar-refractivity contribution is 0.315. The number of rotatable bonds is 4. The van der Waals surface area contributed by atoms with Gasteiger partial charge < -0.3 is 0 Å². The highest BCUT2D eigenvalue weighted by molar-refractivity contribution is 7.93. The summed E-state index contributed by atoms with van der Waals surface area (Å²) >= 11 is 0. The van der Waals surface area contributed by atoms with E-state index >= 15 is 0 Å². The number of hydrogen-bond acceptors (Lipinski definition) is 7. The minimum atomic E-state index is -3.95. The Hall–Kier alpha value is -2.50. The van der Waals surface area contributed by atoms with E-state index in [1.165, 1.54) is 36.4 Å². The van der Waals surface area contributed by atoms with Gasteiger partial charge in [-0.25, -0.2) is 26.6 Å². The first-order valence-electron chi connectivity index (χ1n) is 6.14. The number of sulfonamides is 2. The number of benzene rings is 2. The molecular weight excluding hydrogens is 344 g/mol. The van der Waals surface area contributed by atoms with Crippen LogP contribution in [0.5, 0.6) is 0 Å². The van der Waals surface area contributed by atoms with Crippen molar-refractivity contribution < 1.29 is 21.5 Å². The smallest absolute Gasteiger partial charge is 0.264 e. The SMILES string of the molecule is NS(=O)(=O)c1ccc(NS(=O)(=O)c2cccc3nonc23)cc1. The minimum Gasteiger partial charge on any atom is -0.280 e. The molecule has 3 rings (SSSR count). The van der Waals surface area contributed by atoms with Gasteiger partial charge >= 0.3 is 0 Å². The van der Waals surface area contributed by atoms with E-state index in [1.54, 1.807) is 6.07 Å². The van der Waals surface area contributed by atoms with Gasteiger partial charge in [0.05, 0.1) is 4.90 Å². The molecule has 0 fully saturated rings. The lowest BCUT2D eigenvalue weighted by Gasteiger charge is -2.08. The Morgan fingerprint density at radius 2 is 1.65 bits per heavy atom. The summed E-state index contributed by atoms with van der Waals surface area (Å²) in [6, 6.07) is 9.40. The molecule has 3 N–H and O–H groups in total. The number of anilines is 1. The minimum absolute atomic E-state index is 0.0983. The maximum absolute atomic E-state index is 12.4. The monoisotopic (exact) mass is 354 g/mol. The Labute approximate surface area is 131 Å². The fourth-order valence-corrected chi connectivity index (χ4v) is 3.65. The molecule has 3 aromatic rings. The van der Waals surface area contributed by atoms with E-state index < -0.39 is 20.0 Å². The molecule has 11 heteroatoms. The molecule has 0 aliphatic heterocycles. The molecule has 0 spiro atoms. The summed E-state index contributed by atoms with van der Waals surface area (Å²) in [6.07, 6.45) is 0. The van der Waals surface area contributed by atoms with Crippen molar-refractivity contribution in [3.63, 3.8) is 0 Å². The molecule has 9 nitrogen and oxygen atoms in total. The summed E-state index contributed by atoms with van der Waals surface area (Å²) in [7, 11) is -7.80. The predicted octanol–water partition coefficient (Wildman–Crippen LogP) is 0.671. The van der Waals surface area contributed by atoms with Crippen LogP contribution in [0, 0.1) is 0 Å². The van der Waals surface area contributed by atoms with Crippen molar-refractivity contribution in [3.8, 4) is 0 Å². The Bertz CT molecular complexity index is 1070.